The van der Waals surface area contributed by atoms with E-state index in [1.165, 1.54) is 11.1 Å². The summed E-state index contributed by atoms with van der Waals surface area (Å²) in [6.07, 6.45) is 2.37. The minimum absolute atomic E-state index is 0.213. The van der Waals surface area contributed by atoms with E-state index < -0.39 is 0 Å². The highest BCUT2D eigenvalue weighted by Crippen LogP contribution is 2.32. The van der Waals surface area contributed by atoms with Gasteiger partial charge in [-0.05, 0) is 30.9 Å². The molecule has 5 nitrogen and oxygen atoms in total. The van der Waals surface area contributed by atoms with Gasteiger partial charge in [-0.3, -0.25) is 0 Å². The molecule has 1 aliphatic rings. The molecule has 0 spiro atoms. The van der Waals surface area contributed by atoms with Gasteiger partial charge in [-0.25, -0.2) is 0 Å². The number of ether oxygens (including phenoxy) is 1. The number of hydrogen-bond acceptors (Lipinski definition) is 5. The van der Waals surface area contributed by atoms with Crippen molar-refractivity contribution in [3.05, 3.63) is 47.1 Å². The molecule has 0 unspecified atom stereocenters. The van der Waals surface area contributed by atoms with Crippen LogP contribution in [0.15, 0.2) is 28.8 Å². The molecule has 2 heterocycles. The molecule has 1 saturated heterocycles. The van der Waals surface area contributed by atoms with E-state index in [-0.39, 0.29) is 5.41 Å². The van der Waals surface area contributed by atoms with Crippen molar-refractivity contribution in [3.8, 4) is 0 Å². The quantitative estimate of drug-likeness (QED) is 0.930. The smallest absolute Gasteiger partial charge is 0.234 e. The molecule has 0 saturated carbocycles. The molecular weight excluding hydrogens is 266 g/mol. The summed E-state index contributed by atoms with van der Waals surface area (Å²) in [5.74, 6) is 1.38. The first-order chi connectivity index (χ1) is 10.2. The molecule has 1 aliphatic heterocycles. The van der Waals surface area contributed by atoms with Crippen LogP contribution in [0.5, 0.6) is 0 Å². The van der Waals surface area contributed by atoms with Crippen molar-refractivity contribution >= 4 is 0 Å². The fourth-order valence-corrected chi connectivity index (χ4v) is 2.79. The van der Waals surface area contributed by atoms with Crippen molar-refractivity contribution in [2.45, 2.75) is 31.6 Å². The van der Waals surface area contributed by atoms with Gasteiger partial charge < -0.3 is 15.0 Å². The van der Waals surface area contributed by atoms with Crippen LogP contribution in [0.3, 0.4) is 0 Å². The molecule has 0 atom stereocenters. The molecule has 0 bridgehead atoms. The third-order valence-electron chi connectivity index (χ3n) is 4.37. The Balaban J connectivity index is 1.81. The van der Waals surface area contributed by atoms with Crippen molar-refractivity contribution in [1.82, 2.24) is 10.1 Å². The van der Waals surface area contributed by atoms with Gasteiger partial charge >= 0.3 is 0 Å². The van der Waals surface area contributed by atoms with Gasteiger partial charge in [-0.1, -0.05) is 29.4 Å². The first-order valence-corrected chi connectivity index (χ1v) is 7.39. The third-order valence-corrected chi connectivity index (χ3v) is 4.37. The fourth-order valence-electron chi connectivity index (χ4n) is 2.79. The molecule has 3 rings (SSSR count). The lowest BCUT2D eigenvalue weighted by Crippen LogP contribution is -2.40. The second kappa shape index (κ2) is 5.95. The minimum Gasteiger partial charge on any atom is -0.381 e. The van der Waals surface area contributed by atoms with Gasteiger partial charge in [0.1, 0.15) is 0 Å². The molecule has 2 N–H and O–H groups in total. The van der Waals surface area contributed by atoms with Gasteiger partial charge in [0.15, 0.2) is 5.82 Å². The van der Waals surface area contributed by atoms with Gasteiger partial charge in [0.05, 0.1) is 5.41 Å². The first kappa shape index (κ1) is 14.2. The Kier molecular flexibility index (Phi) is 4.03. The summed E-state index contributed by atoms with van der Waals surface area (Å²) in [5.41, 5.74) is 8.22. The van der Waals surface area contributed by atoms with Crippen molar-refractivity contribution < 1.29 is 9.26 Å². The summed E-state index contributed by atoms with van der Waals surface area (Å²) >= 11 is 0. The Morgan fingerprint density at radius 2 is 2.00 bits per heavy atom. The molecule has 5 heteroatoms. The molecule has 1 aromatic carbocycles. The molecular formula is C16H21N3O2. The summed E-state index contributed by atoms with van der Waals surface area (Å²) in [7, 11) is 0. The number of nitrogens with zero attached hydrogens (tertiary/aromatic N) is 2. The van der Waals surface area contributed by atoms with Gasteiger partial charge in [0, 0.05) is 26.2 Å². The fraction of sp³-hybridized carbons (Fsp3) is 0.500. The van der Waals surface area contributed by atoms with Crippen LogP contribution in [0.4, 0.5) is 0 Å². The van der Waals surface area contributed by atoms with E-state index in [1.807, 2.05) is 12.1 Å². The SMILES string of the molecule is Cc1ccccc1Cc1noc(C2(CN)CCOCC2)n1. The number of hydrogen-bond donors (Lipinski definition) is 1. The average molecular weight is 287 g/mol. The van der Waals surface area contributed by atoms with Crippen LogP contribution in [-0.4, -0.2) is 29.9 Å². The number of nitrogens with two attached hydrogens (primary N) is 1. The number of aromatic nitrogens is 2. The average Bonchev–Trinajstić information content (AvgIpc) is 2.99. The van der Waals surface area contributed by atoms with Crippen LogP contribution in [0, 0.1) is 6.92 Å². The monoisotopic (exact) mass is 287 g/mol. The van der Waals surface area contributed by atoms with Gasteiger partial charge in [0.25, 0.3) is 0 Å². The highest BCUT2D eigenvalue weighted by Gasteiger charge is 2.38. The second-order valence-corrected chi connectivity index (χ2v) is 5.72. The van der Waals surface area contributed by atoms with E-state index in [4.69, 9.17) is 15.0 Å². The van der Waals surface area contributed by atoms with Crippen LogP contribution in [0.1, 0.15) is 35.7 Å². The lowest BCUT2D eigenvalue weighted by atomic mass is 9.80. The summed E-state index contributed by atoms with van der Waals surface area (Å²) in [6.45, 7) is 4.01. The lowest BCUT2D eigenvalue weighted by Gasteiger charge is -2.32. The molecule has 0 aliphatic carbocycles. The Morgan fingerprint density at radius 1 is 1.24 bits per heavy atom. The van der Waals surface area contributed by atoms with E-state index in [0.717, 1.165) is 18.7 Å². The second-order valence-electron chi connectivity index (χ2n) is 5.72. The number of benzene rings is 1. The molecule has 1 fully saturated rings. The van der Waals surface area contributed by atoms with Gasteiger partial charge in [-0.2, -0.15) is 4.98 Å². The van der Waals surface area contributed by atoms with Crippen LogP contribution in [-0.2, 0) is 16.6 Å². The predicted octanol–water partition coefficient (Wildman–Crippen LogP) is 1.98. The molecule has 112 valence electrons. The number of rotatable bonds is 4. The summed E-state index contributed by atoms with van der Waals surface area (Å²) in [6, 6.07) is 8.25. The Morgan fingerprint density at radius 3 is 2.71 bits per heavy atom. The molecule has 0 radical (unpaired) electrons. The zero-order valence-electron chi connectivity index (χ0n) is 12.3. The Labute approximate surface area is 124 Å². The van der Waals surface area contributed by atoms with Crippen molar-refractivity contribution in [1.29, 1.82) is 0 Å². The maximum atomic E-state index is 5.97. The van der Waals surface area contributed by atoms with Crippen molar-refractivity contribution in [2.75, 3.05) is 19.8 Å². The van der Waals surface area contributed by atoms with E-state index >= 15 is 0 Å². The van der Waals surface area contributed by atoms with Crippen LogP contribution < -0.4 is 5.73 Å². The summed E-state index contributed by atoms with van der Waals surface area (Å²) in [5, 5.41) is 4.14. The molecule has 1 aromatic heterocycles. The first-order valence-electron chi connectivity index (χ1n) is 7.39. The van der Waals surface area contributed by atoms with Gasteiger partial charge in [-0.15, -0.1) is 0 Å². The van der Waals surface area contributed by atoms with Crippen LogP contribution >= 0.6 is 0 Å². The lowest BCUT2D eigenvalue weighted by molar-refractivity contribution is 0.0409. The van der Waals surface area contributed by atoms with Crippen LogP contribution in [0.25, 0.3) is 0 Å². The van der Waals surface area contributed by atoms with E-state index in [0.29, 0.717) is 32.1 Å². The normalized spacial score (nSPS) is 17.8. The van der Waals surface area contributed by atoms with E-state index in [1.54, 1.807) is 0 Å². The Hall–Kier alpha value is -1.72. The predicted molar refractivity (Wildman–Crippen MR) is 79.1 cm³/mol. The van der Waals surface area contributed by atoms with Crippen molar-refractivity contribution in [2.24, 2.45) is 5.73 Å². The highest BCUT2D eigenvalue weighted by atomic mass is 16.5. The molecule has 0 amide bonds. The maximum absolute atomic E-state index is 5.97. The molecule has 21 heavy (non-hydrogen) atoms. The highest BCUT2D eigenvalue weighted by molar-refractivity contribution is 5.28. The maximum Gasteiger partial charge on any atom is 0.234 e. The standard InChI is InChI=1S/C16H21N3O2/c1-12-4-2-3-5-13(12)10-14-18-15(21-19-14)16(11-17)6-8-20-9-7-16/h2-5H,6-11,17H2,1H3. The molecule has 2 aromatic rings. The van der Waals surface area contributed by atoms with Crippen molar-refractivity contribution in [3.63, 3.8) is 0 Å². The minimum atomic E-state index is -0.213. The van der Waals surface area contributed by atoms with E-state index in [9.17, 15) is 0 Å². The Bertz CT molecular complexity index is 603. The van der Waals surface area contributed by atoms with Gasteiger partial charge in [0.2, 0.25) is 5.89 Å². The largest absolute Gasteiger partial charge is 0.381 e. The third kappa shape index (κ3) is 2.84. The van der Waals surface area contributed by atoms with E-state index in [2.05, 4.69) is 29.2 Å². The topological polar surface area (TPSA) is 74.2 Å². The van der Waals surface area contributed by atoms with Crippen LogP contribution in [0.2, 0.25) is 0 Å². The summed E-state index contributed by atoms with van der Waals surface area (Å²) in [4.78, 5) is 4.60. The number of aryl methyl sites for hydroxylation is 1. The summed E-state index contributed by atoms with van der Waals surface area (Å²) < 4.78 is 10.9. The zero-order valence-corrected chi connectivity index (χ0v) is 12.3. The zero-order chi connectivity index (χ0) is 14.7.